The number of nitrogens with one attached hydrogen (secondary N) is 2. The monoisotopic (exact) mass is 359 g/mol. The summed E-state index contributed by atoms with van der Waals surface area (Å²) in [5.74, 6) is 2.11. The van der Waals surface area contributed by atoms with E-state index in [4.69, 9.17) is 4.98 Å². The first-order valence-electron chi connectivity index (χ1n) is 9.11. The highest BCUT2D eigenvalue weighted by Crippen LogP contribution is 2.39. The molecule has 0 unspecified atom stereocenters. The molecule has 1 saturated carbocycles. The Morgan fingerprint density at radius 1 is 1.15 bits per heavy atom. The van der Waals surface area contributed by atoms with Gasteiger partial charge in [-0.3, -0.25) is 9.50 Å². The van der Waals surface area contributed by atoms with Gasteiger partial charge in [-0.15, -0.1) is 0 Å². The van der Waals surface area contributed by atoms with Crippen molar-refractivity contribution in [2.24, 2.45) is 0 Å². The first-order chi connectivity index (χ1) is 13.2. The number of H-pyrrole nitrogens is 1. The number of rotatable bonds is 5. The molecule has 1 aromatic carbocycles. The second kappa shape index (κ2) is 6.12. The number of hydrogen-bond acceptors (Lipinski definition) is 5. The third-order valence-corrected chi connectivity index (χ3v) is 4.92. The third kappa shape index (κ3) is 3.01. The smallest absolute Gasteiger partial charge is 0.214 e. The van der Waals surface area contributed by atoms with Crippen LogP contribution in [0.5, 0.6) is 0 Å². The van der Waals surface area contributed by atoms with Crippen molar-refractivity contribution >= 4 is 23.1 Å². The van der Waals surface area contributed by atoms with E-state index in [1.165, 1.54) is 18.5 Å². The lowest BCUT2D eigenvalue weighted by atomic mass is 10.1. The van der Waals surface area contributed by atoms with Crippen LogP contribution in [0.3, 0.4) is 0 Å². The number of anilines is 3. The second-order valence-electron chi connectivity index (χ2n) is 7.17. The summed E-state index contributed by atoms with van der Waals surface area (Å²) < 4.78 is 1.93. The number of aromatic nitrogens is 5. The van der Waals surface area contributed by atoms with Crippen LogP contribution in [0, 0.1) is 0 Å². The van der Waals surface area contributed by atoms with E-state index in [0.717, 1.165) is 28.4 Å². The molecule has 0 radical (unpaired) electrons. The Kier molecular flexibility index (Phi) is 3.60. The third-order valence-electron chi connectivity index (χ3n) is 4.92. The van der Waals surface area contributed by atoms with E-state index in [1.807, 2.05) is 30.8 Å². The quantitative estimate of drug-likeness (QED) is 0.567. The molecule has 0 saturated heterocycles. The standard InChI is InChI=1S/C20H21N7/c1-26(2)15-7-5-13(6-8-15)16-12-19-21-9-10-27(19)20(22-16)23-18-11-17(24-25-18)14-3-4-14/h5-12,14H,3-4H2,1-2H3,(H2,22,23,24,25). The van der Waals surface area contributed by atoms with E-state index in [2.05, 4.69) is 55.7 Å². The summed E-state index contributed by atoms with van der Waals surface area (Å²) in [4.78, 5) is 11.4. The van der Waals surface area contributed by atoms with E-state index in [-0.39, 0.29) is 0 Å². The van der Waals surface area contributed by atoms with Gasteiger partial charge in [-0.2, -0.15) is 5.10 Å². The topological polar surface area (TPSA) is 74.1 Å². The van der Waals surface area contributed by atoms with Gasteiger partial charge in [0.25, 0.3) is 0 Å². The molecule has 4 aromatic rings. The highest BCUT2D eigenvalue weighted by Gasteiger charge is 2.25. The Hall–Kier alpha value is -3.35. The minimum atomic E-state index is 0.635. The van der Waals surface area contributed by atoms with Crippen LogP contribution in [-0.4, -0.2) is 38.7 Å². The zero-order valence-electron chi connectivity index (χ0n) is 15.3. The summed E-state index contributed by atoms with van der Waals surface area (Å²) in [5.41, 5.74) is 5.12. The molecule has 5 rings (SSSR count). The molecule has 7 nitrogen and oxygen atoms in total. The molecule has 2 N–H and O–H groups in total. The van der Waals surface area contributed by atoms with Crippen LogP contribution in [0.4, 0.5) is 17.5 Å². The van der Waals surface area contributed by atoms with Gasteiger partial charge in [-0.25, -0.2) is 9.97 Å². The lowest BCUT2D eigenvalue weighted by Crippen LogP contribution is -2.08. The molecule has 0 amide bonds. The average molecular weight is 359 g/mol. The first-order valence-corrected chi connectivity index (χ1v) is 9.11. The highest BCUT2D eigenvalue weighted by molar-refractivity contribution is 5.69. The van der Waals surface area contributed by atoms with E-state index in [9.17, 15) is 0 Å². The molecule has 0 spiro atoms. The van der Waals surface area contributed by atoms with E-state index < -0.39 is 0 Å². The number of benzene rings is 1. The Morgan fingerprint density at radius 2 is 1.96 bits per heavy atom. The Labute approximate surface area is 157 Å². The summed E-state index contributed by atoms with van der Waals surface area (Å²) in [6, 6.07) is 12.4. The molecule has 1 aliphatic carbocycles. The van der Waals surface area contributed by atoms with E-state index in [1.54, 1.807) is 6.20 Å². The van der Waals surface area contributed by atoms with Crippen LogP contribution >= 0.6 is 0 Å². The maximum atomic E-state index is 4.83. The van der Waals surface area contributed by atoms with Crippen LogP contribution in [0.2, 0.25) is 0 Å². The number of aromatic amines is 1. The van der Waals surface area contributed by atoms with E-state index >= 15 is 0 Å². The van der Waals surface area contributed by atoms with Gasteiger partial charge in [-0.1, -0.05) is 12.1 Å². The second-order valence-corrected chi connectivity index (χ2v) is 7.17. The molecular weight excluding hydrogens is 338 g/mol. The molecule has 0 bridgehead atoms. The minimum absolute atomic E-state index is 0.635. The van der Waals surface area contributed by atoms with Gasteiger partial charge in [-0.05, 0) is 25.0 Å². The van der Waals surface area contributed by atoms with Gasteiger partial charge in [0.05, 0.1) is 5.69 Å². The lowest BCUT2D eigenvalue weighted by Gasteiger charge is -2.13. The maximum Gasteiger partial charge on any atom is 0.214 e. The molecule has 0 atom stereocenters. The predicted octanol–water partition coefficient (Wildman–Crippen LogP) is 3.81. The number of fused-ring (bicyclic) bond motifs is 1. The Balaban J connectivity index is 1.52. The average Bonchev–Trinajstić information content (AvgIpc) is 3.23. The molecule has 1 fully saturated rings. The Morgan fingerprint density at radius 3 is 2.70 bits per heavy atom. The summed E-state index contributed by atoms with van der Waals surface area (Å²) in [5, 5.41) is 10.8. The zero-order chi connectivity index (χ0) is 18.4. The minimum Gasteiger partial charge on any atom is -0.378 e. The van der Waals surface area contributed by atoms with Crippen LogP contribution in [0.15, 0.2) is 48.8 Å². The van der Waals surface area contributed by atoms with Gasteiger partial charge < -0.3 is 10.2 Å². The molecule has 3 heterocycles. The molecule has 1 aliphatic rings. The predicted molar refractivity (Wildman–Crippen MR) is 107 cm³/mol. The zero-order valence-corrected chi connectivity index (χ0v) is 15.3. The highest BCUT2D eigenvalue weighted by atomic mass is 15.3. The SMILES string of the molecule is CN(C)c1ccc(-c2cc3nccn3c(Nc3cc(C4CC4)[nH]n3)n2)cc1. The molecule has 7 heteroatoms. The first kappa shape index (κ1) is 15.9. The van der Waals surface area contributed by atoms with Crippen LogP contribution in [0.25, 0.3) is 16.9 Å². The fourth-order valence-electron chi connectivity index (χ4n) is 3.21. The molecular formula is C20H21N7. The number of hydrogen-bond donors (Lipinski definition) is 2. The van der Waals surface area contributed by atoms with Crippen molar-refractivity contribution in [3.05, 3.63) is 54.5 Å². The van der Waals surface area contributed by atoms with Crippen molar-refractivity contribution in [3.8, 4) is 11.3 Å². The molecule has 136 valence electrons. The normalized spacial score (nSPS) is 13.9. The number of nitrogens with zero attached hydrogens (tertiary/aromatic N) is 5. The van der Waals surface area contributed by atoms with E-state index in [0.29, 0.717) is 11.9 Å². The van der Waals surface area contributed by atoms with Crippen molar-refractivity contribution in [1.29, 1.82) is 0 Å². The largest absolute Gasteiger partial charge is 0.378 e. The fraction of sp³-hybridized carbons (Fsp3) is 0.250. The van der Waals surface area contributed by atoms with Crippen molar-refractivity contribution < 1.29 is 0 Å². The summed E-state index contributed by atoms with van der Waals surface area (Å²) in [6.45, 7) is 0. The van der Waals surface area contributed by atoms with Gasteiger partial charge in [0.1, 0.15) is 5.65 Å². The van der Waals surface area contributed by atoms with Gasteiger partial charge >= 0.3 is 0 Å². The van der Waals surface area contributed by atoms with Gasteiger partial charge in [0.15, 0.2) is 5.82 Å². The van der Waals surface area contributed by atoms with Crippen molar-refractivity contribution in [1.82, 2.24) is 24.6 Å². The van der Waals surface area contributed by atoms with Gasteiger partial charge in [0.2, 0.25) is 5.95 Å². The summed E-state index contributed by atoms with van der Waals surface area (Å²) in [7, 11) is 4.07. The summed E-state index contributed by atoms with van der Waals surface area (Å²) in [6.07, 6.45) is 6.16. The van der Waals surface area contributed by atoms with Crippen molar-refractivity contribution in [2.75, 3.05) is 24.3 Å². The van der Waals surface area contributed by atoms with Crippen LogP contribution in [0.1, 0.15) is 24.5 Å². The van der Waals surface area contributed by atoms with Crippen LogP contribution in [-0.2, 0) is 0 Å². The van der Waals surface area contributed by atoms with Crippen molar-refractivity contribution in [3.63, 3.8) is 0 Å². The maximum absolute atomic E-state index is 4.83. The van der Waals surface area contributed by atoms with Crippen LogP contribution < -0.4 is 10.2 Å². The Bertz CT molecular complexity index is 1090. The fourth-order valence-corrected chi connectivity index (χ4v) is 3.21. The molecule has 27 heavy (non-hydrogen) atoms. The lowest BCUT2D eigenvalue weighted by molar-refractivity contribution is 0.964. The molecule has 0 aliphatic heterocycles. The van der Waals surface area contributed by atoms with Crippen molar-refractivity contribution in [2.45, 2.75) is 18.8 Å². The number of imidazole rings is 1. The molecule has 3 aromatic heterocycles. The summed E-state index contributed by atoms with van der Waals surface area (Å²) >= 11 is 0. The van der Waals surface area contributed by atoms with Gasteiger partial charge in [0, 0.05) is 61.5 Å².